The average molecular weight is 327 g/mol. The lowest BCUT2D eigenvalue weighted by Gasteiger charge is -2.38. The Morgan fingerprint density at radius 3 is 2.35 bits per heavy atom. The van der Waals surface area contributed by atoms with Gasteiger partial charge < -0.3 is 10.2 Å². The molecule has 2 fully saturated rings. The van der Waals surface area contributed by atoms with Gasteiger partial charge in [0.2, 0.25) is 5.91 Å². The third-order valence-corrected chi connectivity index (χ3v) is 5.03. The van der Waals surface area contributed by atoms with Gasteiger partial charge in [0.1, 0.15) is 0 Å². The van der Waals surface area contributed by atoms with Crippen molar-refractivity contribution in [3.05, 3.63) is 0 Å². The summed E-state index contributed by atoms with van der Waals surface area (Å²) >= 11 is 0. The Bertz CT molecular complexity index is 437. The number of carbonyl (C=O) groups is 1. The molecule has 9 heteroatoms. The number of piperidine rings is 1. The molecule has 0 aromatic carbocycles. The first-order chi connectivity index (χ1) is 8.89. The number of nitrogens with two attached hydrogens (primary N) is 1. The van der Waals surface area contributed by atoms with E-state index in [4.69, 9.17) is 5.14 Å². The summed E-state index contributed by atoms with van der Waals surface area (Å²) in [6, 6.07) is 0.206. The van der Waals surface area contributed by atoms with Crippen molar-refractivity contribution < 1.29 is 13.2 Å². The minimum Gasteiger partial charge on any atom is -0.337 e. The van der Waals surface area contributed by atoms with Crippen molar-refractivity contribution in [2.75, 3.05) is 32.7 Å². The van der Waals surface area contributed by atoms with E-state index in [2.05, 4.69) is 5.32 Å². The van der Waals surface area contributed by atoms with E-state index in [1.54, 1.807) is 0 Å². The molecule has 0 spiro atoms. The fraction of sp³-hybridized carbons (Fsp3) is 0.909. The highest BCUT2D eigenvalue weighted by Crippen LogP contribution is 2.22. The molecular formula is C11H23ClN4O3S. The Labute approximate surface area is 126 Å². The second kappa shape index (κ2) is 7.04. The summed E-state index contributed by atoms with van der Waals surface area (Å²) in [5.74, 6) is 0.0848. The SMILES string of the molecule is C[C@H]1CNCCN1C(=O)C1CCN(S(N)(=O)=O)CC1.Cl. The Morgan fingerprint density at radius 1 is 1.25 bits per heavy atom. The summed E-state index contributed by atoms with van der Waals surface area (Å²) < 4.78 is 23.7. The predicted molar refractivity (Wildman–Crippen MR) is 78.7 cm³/mol. The van der Waals surface area contributed by atoms with Crippen LogP contribution in [-0.2, 0) is 15.0 Å². The molecule has 2 heterocycles. The van der Waals surface area contributed by atoms with Gasteiger partial charge in [-0.15, -0.1) is 12.4 Å². The number of piperazine rings is 1. The molecule has 0 aromatic rings. The van der Waals surface area contributed by atoms with Crippen LogP contribution in [0, 0.1) is 5.92 Å². The Morgan fingerprint density at radius 2 is 1.85 bits per heavy atom. The van der Waals surface area contributed by atoms with Crippen molar-refractivity contribution in [2.24, 2.45) is 11.1 Å². The van der Waals surface area contributed by atoms with Gasteiger partial charge in [-0.05, 0) is 19.8 Å². The fourth-order valence-corrected chi connectivity index (χ4v) is 3.48. The molecule has 0 saturated carbocycles. The first kappa shape index (κ1) is 17.6. The zero-order chi connectivity index (χ0) is 14.0. The minimum absolute atomic E-state index is 0. The van der Waals surface area contributed by atoms with Crippen LogP contribution in [0.2, 0.25) is 0 Å². The van der Waals surface area contributed by atoms with Crippen molar-refractivity contribution in [2.45, 2.75) is 25.8 Å². The van der Waals surface area contributed by atoms with Gasteiger partial charge in [-0.1, -0.05) is 0 Å². The normalized spacial score (nSPS) is 26.1. The maximum atomic E-state index is 12.4. The molecule has 0 unspecified atom stereocenters. The van der Waals surface area contributed by atoms with Crippen LogP contribution < -0.4 is 10.5 Å². The minimum atomic E-state index is -3.61. The van der Waals surface area contributed by atoms with Crippen LogP contribution in [0.15, 0.2) is 0 Å². The largest absolute Gasteiger partial charge is 0.337 e. The van der Waals surface area contributed by atoms with Gasteiger partial charge in [0, 0.05) is 44.7 Å². The summed E-state index contributed by atoms with van der Waals surface area (Å²) in [4.78, 5) is 14.3. The van der Waals surface area contributed by atoms with Gasteiger partial charge in [0.05, 0.1) is 0 Å². The zero-order valence-electron chi connectivity index (χ0n) is 11.6. The van der Waals surface area contributed by atoms with Gasteiger partial charge in [-0.3, -0.25) is 4.79 Å². The summed E-state index contributed by atoms with van der Waals surface area (Å²) in [6.07, 6.45) is 1.12. The average Bonchev–Trinajstić information content (AvgIpc) is 2.38. The first-order valence-corrected chi connectivity index (χ1v) is 8.19. The third kappa shape index (κ3) is 4.05. The van der Waals surface area contributed by atoms with E-state index >= 15 is 0 Å². The van der Waals surface area contributed by atoms with Crippen LogP contribution in [0.5, 0.6) is 0 Å². The van der Waals surface area contributed by atoms with Gasteiger partial charge >= 0.3 is 0 Å². The molecule has 7 nitrogen and oxygen atoms in total. The van der Waals surface area contributed by atoms with Crippen LogP contribution in [0.4, 0.5) is 0 Å². The van der Waals surface area contributed by atoms with Crippen LogP contribution in [0.25, 0.3) is 0 Å². The lowest BCUT2D eigenvalue weighted by Crippen LogP contribution is -2.55. The van der Waals surface area contributed by atoms with Crippen molar-refractivity contribution in [1.82, 2.24) is 14.5 Å². The molecule has 1 atom stereocenters. The predicted octanol–water partition coefficient (Wildman–Crippen LogP) is -0.856. The molecule has 2 rings (SSSR count). The number of rotatable bonds is 2. The van der Waals surface area contributed by atoms with Crippen molar-refractivity contribution in [1.29, 1.82) is 0 Å². The molecule has 0 aromatic heterocycles. The van der Waals surface area contributed by atoms with Gasteiger partial charge in [0.25, 0.3) is 10.2 Å². The monoisotopic (exact) mass is 326 g/mol. The number of nitrogens with one attached hydrogen (secondary N) is 1. The van der Waals surface area contributed by atoms with E-state index in [1.807, 2.05) is 11.8 Å². The smallest absolute Gasteiger partial charge is 0.276 e. The number of carbonyl (C=O) groups excluding carboxylic acids is 1. The molecule has 118 valence electrons. The van der Waals surface area contributed by atoms with Gasteiger partial charge in [-0.2, -0.15) is 12.7 Å². The Kier molecular flexibility index (Phi) is 6.21. The highest BCUT2D eigenvalue weighted by Gasteiger charge is 2.33. The van der Waals surface area contributed by atoms with E-state index in [9.17, 15) is 13.2 Å². The molecule has 0 bridgehead atoms. The van der Waals surface area contributed by atoms with Crippen LogP contribution in [0.1, 0.15) is 19.8 Å². The number of halogens is 1. The number of amides is 1. The molecule has 3 N–H and O–H groups in total. The Hall–Kier alpha value is -0.410. The molecule has 20 heavy (non-hydrogen) atoms. The first-order valence-electron chi connectivity index (χ1n) is 6.68. The standard InChI is InChI=1S/C11H22N4O3S.ClH/c1-9-8-13-4-7-15(9)11(16)10-2-5-14(6-3-10)19(12,17)18;/h9-10,13H,2-8H2,1H3,(H2,12,17,18);1H/t9-;/m0./s1. The van der Waals surface area contributed by atoms with Crippen LogP contribution in [-0.4, -0.2) is 62.3 Å². The van der Waals surface area contributed by atoms with Crippen molar-refractivity contribution in [3.8, 4) is 0 Å². The van der Waals surface area contributed by atoms with E-state index in [1.165, 1.54) is 4.31 Å². The molecule has 0 radical (unpaired) electrons. The summed E-state index contributed by atoms with van der Waals surface area (Å²) in [5, 5.41) is 8.34. The van der Waals surface area contributed by atoms with Crippen molar-refractivity contribution >= 4 is 28.5 Å². The zero-order valence-corrected chi connectivity index (χ0v) is 13.3. The van der Waals surface area contributed by atoms with Gasteiger partial charge in [0.15, 0.2) is 0 Å². The molecule has 2 aliphatic rings. The number of hydrogen-bond donors (Lipinski definition) is 2. The van der Waals surface area contributed by atoms with E-state index < -0.39 is 10.2 Å². The maximum Gasteiger partial charge on any atom is 0.276 e. The van der Waals surface area contributed by atoms with Gasteiger partial charge in [-0.25, -0.2) is 5.14 Å². The molecule has 2 saturated heterocycles. The van der Waals surface area contributed by atoms with Crippen molar-refractivity contribution in [3.63, 3.8) is 0 Å². The van der Waals surface area contributed by atoms with E-state index in [0.29, 0.717) is 25.9 Å². The maximum absolute atomic E-state index is 12.4. The Balaban J connectivity index is 0.00000200. The molecule has 0 aliphatic carbocycles. The van der Waals surface area contributed by atoms with Crippen LogP contribution >= 0.6 is 12.4 Å². The lowest BCUT2D eigenvalue weighted by molar-refractivity contribution is -0.139. The second-order valence-electron chi connectivity index (χ2n) is 5.30. The summed E-state index contributed by atoms with van der Waals surface area (Å²) in [7, 11) is -3.61. The highest BCUT2D eigenvalue weighted by molar-refractivity contribution is 7.86. The van der Waals surface area contributed by atoms with E-state index in [0.717, 1.165) is 19.6 Å². The number of nitrogens with zero attached hydrogens (tertiary/aromatic N) is 2. The molecule has 2 aliphatic heterocycles. The number of hydrogen-bond acceptors (Lipinski definition) is 4. The third-order valence-electron chi connectivity index (χ3n) is 3.95. The summed E-state index contributed by atoms with van der Waals surface area (Å²) in [5.41, 5.74) is 0. The fourth-order valence-electron chi connectivity index (χ4n) is 2.76. The van der Waals surface area contributed by atoms with E-state index in [-0.39, 0.29) is 30.3 Å². The quantitative estimate of drug-likeness (QED) is 0.690. The van der Waals surface area contributed by atoms with Crippen LogP contribution in [0.3, 0.4) is 0 Å². The summed E-state index contributed by atoms with van der Waals surface area (Å²) in [6.45, 7) is 5.10. The lowest BCUT2D eigenvalue weighted by atomic mass is 9.95. The topological polar surface area (TPSA) is 95.7 Å². The second-order valence-corrected chi connectivity index (χ2v) is 6.85. The molecular weight excluding hydrogens is 304 g/mol. The molecule has 1 amide bonds. The highest BCUT2D eigenvalue weighted by atomic mass is 35.5.